The number of rotatable bonds is 0. The number of likely N-dealkylation sites (N-methyl/N-ethyl adjacent to an activating group) is 1. The molecular weight excluding hydrogens is 183 g/mol. The highest BCUT2D eigenvalue weighted by Crippen LogP contribution is 2.22. The van der Waals surface area contributed by atoms with Crippen molar-refractivity contribution in [2.75, 3.05) is 18.5 Å². The van der Waals surface area contributed by atoms with E-state index in [-0.39, 0.29) is 11.7 Å². The van der Waals surface area contributed by atoms with Crippen molar-refractivity contribution in [2.24, 2.45) is 0 Å². The minimum Gasteiger partial charge on any atom is -0.314 e. The number of fused-ring (bicyclic) bond motifs is 1. The lowest BCUT2D eigenvalue weighted by Crippen LogP contribution is -2.32. The monoisotopic (exact) mass is 194 g/mol. The summed E-state index contributed by atoms with van der Waals surface area (Å²) in [4.78, 5) is 12.9. The smallest absolute Gasteiger partial charge is 0.240 e. The molecule has 74 valence electrons. The number of nitrogens with one attached hydrogen (secondary N) is 1. The van der Waals surface area contributed by atoms with Crippen LogP contribution in [0.5, 0.6) is 0 Å². The maximum Gasteiger partial charge on any atom is 0.240 e. The van der Waals surface area contributed by atoms with Crippen molar-refractivity contribution < 1.29 is 9.18 Å². The second kappa shape index (κ2) is 3.38. The zero-order chi connectivity index (χ0) is 10.1. The molecule has 0 saturated heterocycles. The normalized spacial score (nSPS) is 16.4. The molecule has 0 aromatic heterocycles. The van der Waals surface area contributed by atoms with Crippen LogP contribution in [0.3, 0.4) is 0 Å². The Kier molecular flexibility index (Phi) is 2.21. The Morgan fingerprint density at radius 2 is 2.21 bits per heavy atom. The topological polar surface area (TPSA) is 32.3 Å². The zero-order valence-corrected chi connectivity index (χ0v) is 7.88. The number of carbonyl (C=O) groups excluding carboxylic acids is 1. The summed E-state index contributed by atoms with van der Waals surface area (Å²) in [6, 6.07) is 4.50. The van der Waals surface area contributed by atoms with Gasteiger partial charge in [-0.25, -0.2) is 4.39 Å². The second-order valence-corrected chi connectivity index (χ2v) is 3.33. The van der Waals surface area contributed by atoms with Gasteiger partial charge in [-0.1, -0.05) is 6.07 Å². The highest BCUT2D eigenvalue weighted by Gasteiger charge is 2.18. The lowest BCUT2D eigenvalue weighted by molar-refractivity contribution is -0.117. The summed E-state index contributed by atoms with van der Waals surface area (Å²) in [6.45, 7) is 0.901. The molecule has 0 spiro atoms. The third kappa shape index (κ3) is 1.48. The third-order valence-corrected chi connectivity index (χ3v) is 2.37. The largest absolute Gasteiger partial charge is 0.314 e. The van der Waals surface area contributed by atoms with Crippen LogP contribution in [0.25, 0.3) is 0 Å². The molecule has 0 radical (unpaired) electrons. The summed E-state index contributed by atoms with van der Waals surface area (Å²) in [7, 11) is 1.66. The number of anilines is 1. The first-order chi connectivity index (χ1) is 6.68. The van der Waals surface area contributed by atoms with E-state index in [1.54, 1.807) is 13.1 Å². The second-order valence-electron chi connectivity index (χ2n) is 3.33. The molecule has 1 aliphatic heterocycles. The first-order valence-corrected chi connectivity index (χ1v) is 4.44. The van der Waals surface area contributed by atoms with Crippen LogP contribution in [0.2, 0.25) is 0 Å². The standard InChI is InChI=1S/C10H11FN2O/c1-13-9-4-8(11)3-2-7(9)5-12-6-10(13)14/h2-4,12H,5-6H2,1H3. The van der Waals surface area contributed by atoms with Gasteiger partial charge in [-0.15, -0.1) is 0 Å². The molecule has 1 aromatic carbocycles. The molecule has 0 fully saturated rings. The van der Waals surface area contributed by atoms with Gasteiger partial charge >= 0.3 is 0 Å². The van der Waals surface area contributed by atoms with Gasteiger partial charge < -0.3 is 10.2 Å². The number of halogens is 1. The Morgan fingerprint density at radius 1 is 1.43 bits per heavy atom. The fourth-order valence-corrected chi connectivity index (χ4v) is 1.56. The van der Waals surface area contributed by atoms with E-state index in [2.05, 4.69) is 5.32 Å². The summed E-state index contributed by atoms with van der Waals surface area (Å²) in [5.41, 5.74) is 1.60. The van der Waals surface area contributed by atoms with Crippen LogP contribution < -0.4 is 10.2 Å². The predicted octanol–water partition coefficient (Wildman–Crippen LogP) is 0.892. The van der Waals surface area contributed by atoms with E-state index < -0.39 is 0 Å². The average Bonchev–Trinajstić information content (AvgIpc) is 2.30. The molecule has 2 rings (SSSR count). The van der Waals surface area contributed by atoms with Crippen LogP contribution in [0, 0.1) is 5.82 Å². The molecule has 0 aliphatic carbocycles. The molecule has 14 heavy (non-hydrogen) atoms. The van der Waals surface area contributed by atoms with E-state index >= 15 is 0 Å². The van der Waals surface area contributed by atoms with Crippen LogP contribution >= 0.6 is 0 Å². The van der Waals surface area contributed by atoms with E-state index in [4.69, 9.17) is 0 Å². The average molecular weight is 194 g/mol. The van der Waals surface area contributed by atoms with Gasteiger partial charge in [0, 0.05) is 13.6 Å². The summed E-state index contributed by atoms with van der Waals surface area (Å²) in [6.07, 6.45) is 0. The van der Waals surface area contributed by atoms with E-state index in [0.717, 1.165) is 5.56 Å². The van der Waals surface area contributed by atoms with Gasteiger partial charge in [0.05, 0.1) is 12.2 Å². The van der Waals surface area contributed by atoms with Gasteiger partial charge in [-0.05, 0) is 17.7 Å². The Balaban J connectivity index is 2.49. The highest BCUT2D eigenvalue weighted by atomic mass is 19.1. The number of nitrogens with zero attached hydrogens (tertiary/aromatic N) is 1. The van der Waals surface area contributed by atoms with E-state index in [1.807, 2.05) is 0 Å². The summed E-state index contributed by atoms with van der Waals surface area (Å²) < 4.78 is 13.0. The number of carbonyl (C=O) groups is 1. The van der Waals surface area contributed by atoms with E-state index in [1.165, 1.54) is 17.0 Å². The molecule has 1 N–H and O–H groups in total. The molecule has 0 bridgehead atoms. The van der Waals surface area contributed by atoms with Gasteiger partial charge in [0.25, 0.3) is 0 Å². The first kappa shape index (κ1) is 9.15. The maximum atomic E-state index is 13.0. The number of hydrogen-bond donors (Lipinski definition) is 1. The SMILES string of the molecule is CN1C(=O)CNCc2ccc(F)cc21. The fourth-order valence-electron chi connectivity index (χ4n) is 1.56. The molecule has 1 aromatic rings. The van der Waals surface area contributed by atoms with Gasteiger partial charge in [-0.2, -0.15) is 0 Å². The first-order valence-electron chi connectivity index (χ1n) is 4.44. The number of amides is 1. The van der Waals surface area contributed by atoms with Crippen molar-refractivity contribution in [1.29, 1.82) is 0 Å². The Bertz CT molecular complexity index is 378. The van der Waals surface area contributed by atoms with Crippen LogP contribution in [0.4, 0.5) is 10.1 Å². The van der Waals surface area contributed by atoms with Crippen molar-refractivity contribution >= 4 is 11.6 Å². The molecule has 4 heteroatoms. The van der Waals surface area contributed by atoms with Gasteiger partial charge in [0.15, 0.2) is 0 Å². The lowest BCUT2D eigenvalue weighted by atomic mass is 10.1. The van der Waals surface area contributed by atoms with Crippen LogP contribution in [-0.2, 0) is 11.3 Å². The van der Waals surface area contributed by atoms with Crippen molar-refractivity contribution in [1.82, 2.24) is 5.32 Å². The molecule has 1 heterocycles. The van der Waals surface area contributed by atoms with Gasteiger partial charge in [0.2, 0.25) is 5.91 Å². The highest BCUT2D eigenvalue weighted by molar-refractivity contribution is 5.95. The van der Waals surface area contributed by atoms with Gasteiger partial charge in [0.1, 0.15) is 5.82 Å². The minimum absolute atomic E-state index is 0.0469. The van der Waals surface area contributed by atoms with E-state index in [0.29, 0.717) is 18.8 Å². The molecule has 0 saturated carbocycles. The summed E-state index contributed by atoms with van der Waals surface area (Å²) in [5, 5.41) is 2.99. The Hall–Kier alpha value is -1.42. The van der Waals surface area contributed by atoms with Crippen LogP contribution in [0.1, 0.15) is 5.56 Å². The third-order valence-electron chi connectivity index (χ3n) is 2.37. The van der Waals surface area contributed by atoms with Crippen molar-refractivity contribution in [3.05, 3.63) is 29.6 Å². The Morgan fingerprint density at radius 3 is 3.00 bits per heavy atom. The Labute approximate surface area is 81.5 Å². The van der Waals surface area contributed by atoms with Crippen LogP contribution in [0.15, 0.2) is 18.2 Å². The lowest BCUT2D eigenvalue weighted by Gasteiger charge is -2.16. The molecular formula is C10H11FN2O. The number of benzene rings is 1. The predicted molar refractivity (Wildman–Crippen MR) is 51.5 cm³/mol. The van der Waals surface area contributed by atoms with Crippen molar-refractivity contribution in [2.45, 2.75) is 6.54 Å². The summed E-state index contributed by atoms with van der Waals surface area (Å²) in [5.74, 6) is -0.361. The number of hydrogen-bond acceptors (Lipinski definition) is 2. The van der Waals surface area contributed by atoms with Crippen LogP contribution in [-0.4, -0.2) is 19.5 Å². The molecule has 3 nitrogen and oxygen atoms in total. The quantitative estimate of drug-likeness (QED) is 0.665. The molecule has 1 aliphatic rings. The van der Waals surface area contributed by atoms with Crippen molar-refractivity contribution in [3.8, 4) is 0 Å². The molecule has 0 unspecified atom stereocenters. The van der Waals surface area contributed by atoms with E-state index in [9.17, 15) is 9.18 Å². The van der Waals surface area contributed by atoms with Crippen molar-refractivity contribution in [3.63, 3.8) is 0 Å². The zero-order valence-electron chi connectivity index (χ0n) is 7.88. The summed E-state index contributed by atoms with van der Waals surface area (Å²) >= 11 is 0. The molecule has 1 amide bonds. The minimum atomic E-state index is -0.315. The maximum absolute atomic E-state index is 13.0. The fraction of sp³-hybridized carbons (Fsp3) is 0.300. The van der Waals surface area contributed by atoms with Gasteiger partial charge in [-0.3, -0.25) is 4.79 Å². The molecule has 0 atom stereocenters.